The second-order valence-corrected chi connectivity index (χ2v) is 6.14. The van der Waals surface area contributed by atoms with Gasteiger partial charge in [-0.25, -0.2) is 0 Å². The summed E-state index contributed by atoms with van der Waals surface area (Å²) in [5.41, 5.74) is 0. The van der Waals surface area contributed by atoms with Crippen molar-refractivity contribution < 1.29 is 4.52 Å². The largest absolute Gasteiger partial charge is 0.347 e. The summed E-state index contributed by atoms with van der Waals surface area (Å²) in [4.78, 5) is 10.7. The Morgan fingerprint density at radius 2 is 2.10 bits per heavy atom. The minimum atomic E-state index is 0.513. The zero-order valence-corrected chi connectivity index (χ0v) is 13.6. The van der Waals surface area contributed by atoms with Gasteiger partial charge < -0.3 is 14.7 Å². The van der Waals surface area contributed by atoms with Gasteiger partial charge in [-0.2, -0.15) is 4.98 Å². The summed E-state index contributed by atoms with van der Waals surface area (Å²) in [6.45, 7) is 5.74. The van der Waals surface area contributed by atoms with E-state index in [1.165, 1.54) is 25.7 Å². The average Bonchev–Trinajstić information content (AvgIpc) is 2.88. The Morgan fingerprint density at radius 1 is 1.38 bits per heavy atom. The molecule has 1 aromatic heterocycles. The van der Waals surface area contributed by atoms with Gasteiger partial charge in [0.25, 0.3) is 0 Å². The van der Waals surface area contributed by atoms with E-state index in [9.17, 15) is 0 Å². The lowest BCUT2D eigenvalue weighted by molar-refractivity contribution is 0.249. The van der Waals surface area contributed by atoms with Gasteiger partial charge >= 0.3 is 0 Å². The predicted octanol–water partition coefficient (Wildman–Crippen LogP) is 2.21. The molecule has 1 heterocycles. The second-order valence-electron chi connectivity index (χ2n) is 6.14. The summed E-state index contributed by atoms with van der Waals surface area (Å²) in [7, 11) is 3.90. The first-order valence-corrected chi connectivity index (χ1v) is 7.79. The van der Waals surface area contributed by atoms with Crippen LogP contribution in [0.2, 0.25) is 0 Å². The molecular formula is C15H27N5O. The Labute approximate surface area is 127 Å². The smallest absolute Gasteiger partial charge is 0.246 e. The number of hydrogen-bond donors (Lipinski definition) is 1. The van der Waals surface area contributed by atoms with E-state index in [0.717, 1.165) is 24.3 Å². The van der Waals surface area contributed by atoms with Crippen LogP contribution < -0.4 is 5.32 Å². The van der Waals surface area contributed by atoms with Crippen molar-refractivity contribution in [1.82, 2.24) is 20.4 Å². The van der Waals surface area contributed by atoms with Crippen LogP contribution in [0.15, 0.2) is 9.52 Å². The molecule has 1 N–H and O–H groups in total. The second kappa shape index (κ2) is 7.43. The van der Waals surface area contributed by atoms with E-state index in [4.69, 9.17) is 4.52 Å². The van der Waals surface area contributed by atoms with Crippen LogP contribution in [0.3, 0.4) is 0 Å². The van der Waals surface area contributed by atoms with Gasteiger partial charge in [0.2, 0.25) is 5.89 Å². The molecule has 1 aliphatic rings. The number of nitrogens with one attached hydrogen (secondary N) is 1. The van der Waals surface area contributed by atoms with E-state index in [1.54, 1.807) is 7.05 Å². The molecular weight excluding hydrogens is 266 g/mol. The summed E-state index contributed by atoms with van der Waals surface area (Å²) in [6, 6.07) is 0. The number of aryl methyl sites for hydroxylation is 1. The van der Waals surface area contributed by atoms with Crippen molar-refractivity contribution in [2.24, 2.45) is 16.8 Å². The number of aliphatic imine (C=N–C) groups is 1. The van der Waals surface area contributed by atoms with Crippen LogP contribution >= 0.6 is 0 Å². The summed E-state index contributed by atoms with van der Waals surface area (Å²) in [6.07, 6.45) is 5.36. The molecule has 0 aromatic carbocycles. The molecule has 6 heteroatoms. The highest BCUT2D eigenvalue weighted by atomic mass is 16.5. The molecule has 0 spiro atoms. The number of nitrogens with zero attached hydrogens (tertiary/aromatic N) is 4. The lowest BCUT2D eigenvalue weighted by Crippen LogP contribution is -2.41. The first-order valence-electron chi connectivity index (χ1n) is 7.79. The highest BCUT2D eigenvalue weighted by molar-refractivity contribution is 5.79. The molecule has 6 nitrogen and oxygen atoms in total. The van der Waals surface area contributed by atoms with Gasteiger partial charge in [0.15, 0.2) is 11.8 Å². The predicted molar refractivity (Wildman–Crippen MR) is 83.0 cm³/mol. The minimum Gasteiger partial charge on any atom is -0.347 e. The van der Waals surface area contributed by atoms with E-state index >= 15 is 0 Å². The van der Waals surface area contributed by atoms with E-state index in [2.05, 4.69) is 39.3 Å². The maximum absolute atomic E-state index is 5.10. The SMILES string of the molecule is CN=C(NCc1nc(C)no1)N(C)CC1CCC(C)CC1. The molecule has 0 atom stereocenters. The summed E-state index contributed by atoms with van der Waals surface area (Å²) in [5, 5.41) is 7.06. The van der Waals surface area contributed by atoms with Crippen LogP contribution in [0.5, 0.6) is 0 Å². The van der Waals surface area contributed by atoms with Crippen molar-refractivity contribution in [3.63, 3.8) is 0 Å². The fourth-order valence-corrected chi connectivity index (χ4v) is 2.94. The molecule has 0 saturated heterocycles. The minimum absolute atomic E-state index is 0.513. The van der Waals surface area contributed by atoms with Crippen LogP contribution in [0.4, 0.5) is 0 Å². The molecule has 0 radical (unpaired) electrons. The Hall–Kier alpha value is -1.59. The quantitative estimate of drug-likeness (QED) is 0.681. The standard InChI is InChI=1S/C15H27N5O/c1-11-5-7-13(8-6-11)10-20(4)15(16-3)17-9-14-18-12(2)19-21-14/h11,13H,5-10H2,1-4H3,(H,16,17). The summed E-state index contributed by atoms with van der Waals surface area (Å²) in [5.74, 6) is 3.80. The van der Waals surface area contributed by atoms with Crippen LogP contribution in [0, 0.1) is 18.8 Å². The molecule has 1 fully saturated rings. The maximum Gasteiger partial charge on any atom is 0.246 e. The maximum atomic E-state index is 5.10. The normalized spacial score (nSPS) is 23.1. The number of hydrogen-bond acceptors (Lipinski definition) is 4. The van der Waals surface area contributed by atoms with Crippen molar-refractivity contribution in [2.75, 3.05) is 20.6 Å². The molecule has 0 aliphatic heterocycles. The Morgan fingerprint density at radius 3 is 2.67 bits per heavy atom. The zero-order chi connectivity index (χ0) is 15.2. The number of aromatic nitrogens is 2. The Balaban J connectivity index is 1.80. The Bertz CT molecular complexity index is 462. The number of guanidine groups is 1. The van der Waals surface area contributed by atoms with E-state index in [-0.39, 0.29) is 0 Å². The van der Waals surface area contributed by atoms with Gasteiger partial charge in [0, 0.05) is 20.6 Å². The molecule has 1 saturated carbocycles. The van der Waals surface area contributed by atoms with Gasteiger partial charge in [-0.1, -0.05) is 24.9 Å². The van der Waals surface area contributed by atoms with Crippen molar-refractivity contribution in [1.29, 1.82) is 0 Å². The van der Waals surface area contributed by atoms with Crippen molar-refractivity contribution in [3.05, 3.63) is 11.7 Å². The highest BCUT2D eigenvalue weighted by Gasteiger charge is 2.20. The van der Waals surface area contributed by atoms with Crippen molar-refractivity contribution in [3.8, 4) is 0 Å². The molecule has 0 unspecified atom stereocenters. The van der Waals surface area contributed by atoms with Crippen LogP contribution in [-0.2, 0) is 6.54 Å². The molecule has 2 rings (SSSR count). The average molecular weight is 293 g/mol. The Kier molecular flexibility index (Phi) is 5.59. The highest BCUT2D eigenvalue weighted by Crippen LogP contribution is 2.28. The third-order valence-electron chi connectivity index (χ3n) is 4.21. The van der Waals surface area contributed by atoms with Crippen LogP contribution in [-0.4, -0.2) is 41.6 Å². The molecule has 118 valence electrons. The fraction of sp³-hybridized carbons (Fsp3) is 0.800. The first kappa shape index (κ1) is 15.8. The van der Waals surface area contributed by atoms with Gasteiger partial charge in [0.05, 0.1) is 6.54 Å². The summed E-state index contributed by atoms with van der Waals surface area (Å²) >= 11 is 0. The van der Waals surface area contributed by atoms with Crippen molar-refractivity contribution >= 4 is 5.96 Å². The van der Waals surface area contributed by atoms with Gasteiger partial charge in [-0.05, 0) is 31.6 Å². The van der Waals surface area contributed by atoms with E-state index < -0.39 is 0 Å². The fourth-order valence-electron chi connectivity index (χ4n) is 2.94. The monoisotopic (exact) mass is 293 g/mol. The molecule has 1 aromatic rings. The molecule has 0 bridgehead atoms. The van der Waals surface area contributed by atoms with Gasteiger partial charge in [0.1, 0.15) is 0 Å². The zero-order valence-electron chi connectivity index (χ0n) is 13.6. The topological polar surface area (TPSA) is 66.5 Å². The van der Waals surface area contributed by atoms with Gasteiger partial charge in [-0.15, -0.1) is 0 Å². The molecule has 1 aliphatic carbocycles. The molecule has 0 amide bonds. The van der Waals surface area contributed by atoms with E-state index in [0.29, 0.717) is 18.3 Å². The van der Waals surface area contributed by atoms with Crippen molar-refractivity contribution in [2.45, 2.75) is 46.1 Å². The number of rotatable bonds is 4. The third kappa shape index (κ3) is 4.72. The lowest BCUT2D eigenvalue weighted by atomic mass is 9.83. The van der Waals surface area contributed by atoms with Crippen LogP contribution in [0.1, 0.15) is 44.3 Å². The van der Waals surface area contributed by atoms with E-state index in [1.807, 2.05) is 6.92 Å². The third-order valence-corrected chi connectivity index (χ3v) is 4.21. The summed E-state index contributed by atoms with van der Waals surface area (Å²) < 4.78 is 5.10. The molecule has 21 heavy (non-hydrogen) atoms. The lowest BCUT2D eigenvalue weighted by Gasteiger charge is -2.31. The van der Waals surface area contributed by atoms with Gasteiger partial charge in [-0.3, -0.25) is 4.99 Å². The van der Waals surface area contributed by atoms with Crippen LogP contribution in [0.25, 0.3) is 0 Å². The first-order chi connectivity index (χ1) is 10.1.